The van der Waals surface area contributed by atoms with Crippen LogP contribution in [0.3, 0.4) is 0 Å². The smallest absolute Gasteiger partial charge is 0.309 e. The number of nitrogens with one attached hydrogen (secondary N) is 1. The lowest BCUT2D eigenvalue weighted by Gasteiger charge is -2.18. The Hall–Kier alpha value is -0.610. The summed E-state index contributed by atoms with van der Waals surface area (Å²) < 4.78 is 4.79. The molecule has 92 valence electrons. The van der Waals surface area contributed by atoms with Crippen LogP contribution in [-0.4, -0.2) is 51.2 Å². The van der Waals surface area contributed by atoms with Gasteiger partial charge in [-0.2, -0.15) is 0 Å². The summed E-state index contributed by atoms with van der Waals surface area (Å²) in [5, 5.41) is 3.16. The van der Waals surface area contributed by atoms with Crippen molar-refractivity contribution in [2.75, 3.05) is 40.3 Å². The Bertz CT molecular complexity index is 245. The van der Waals surface area contributed by atoms with Gasteiger partial charge in [0.15, 0.2) is 0 Å². The van der Waals surface area contributed by atoms with E-state index in [1.807, 2.05) is 7.05 Å². The zero-order valence-corrected chi connectivity index (χ0v) is 10.2. The second kappa shape index (κ2) is 5.15. The van der Waals surface area contributed by atoms with Crippen LogP contribution in [0.2, 0.25) is 0 Å². The van der Waals surface area contributed by atoms with Gasteiger partial charge in [-0.25, -0.2) is 0 Å². The highest BCUT2D eigenvalue weighted by atomic mass is 16.5. The molecule has 0 amide bonds. The summed E-state index contributed by atoms with van der Waals surface area (Å²) >= 11 is 0. The fourth-order valence-corrected chi connectivity index (χ4v) is 2.92. The van der Waals surface area contributed by atoms with Gasteiger partial charge in [0.2, 0.25) is 0 Å². The summed E-state index contributed by atoms with van der Waals surface area (Å²) in [5.41, 5.74) is 0. The van der Waals surface area contributed by atoms with Gasteiger partial charge < -0.3 is 15.0 Å². The third kappa shape index (κ3) is 2.38. The molecule has 1 N–H and O–H groups in total. The van der Waals surface area contributed by atoms with Gasteiger partial charge in [0.1, 0.15) is 0 Å². The third-order valence-electron chi connectivity index (χ3n) is 3.89. The fourth-order valence-electron chi connectivity index (χ4n) is 2.92. The molecule has 0 bridgehead atoms. The number of nitrogens with zero attached hydrogens (tertiary/aromatic N) is 1. The second-order valence-electron chi connectivity index (χ2n) is 4.95. The van der Waals surface area contributed by atoms with Crippen LogP contribution < -0.4 is 5.32 Å². The highest BCUT2D eigenvalue weighted by Gasteiger charge is 2.59. The summed E-state index contributed by atoms with van der Waals surface area (Å²) in [5.74, 6) is 1.41. The van der Waals surface area contributed by atoms with Crippen LogP contribution in [0.1, 0.15) is 12.8 Å². The van der Waals surface area contributed by atoms with E-state index in [1.54, 1.807) is 0 Å². The molecule has 0 radical (unpaired) electrons. The van der Waals surface area contributed by atoms with Crippen molar-refractivity contribution in [2.24, 2.45) is 17.8 Å². The van der Waals surface area contributed by atoms with Gasteiger partial charge in [0.05, 0.1) is 13.0 Å². The number of hydrogen-bond acceptors (Lipinski definition) is 4. The van der Waals surface area contributed by atoms with Crippen molar-refractivity contribution < 1.29 is 9.53 Å². The highest BCUT2D eigenvalue weighted by Crippen LogP contribution is 2.52. The van der Waals surface area contributed by atoms with Crippen LogP contribution in [0.4, 0.5) is 0 Å². The van der Waals surface area contributed by atoms with E-state index in [9.17, 15) is 4.79 Å². The first-order valence-corrected chi connectivity index (χ1v) is 6.22. The Morgan fingerprint density at radius 3 is 2.62 bits per heavy atom. The fraction of sp³-hybridized carbons (Fsp3) is 0.917. The van der Waals surface area contributed by atoms with E-state index >= 15 is 0 Å². The first-order chi connectivity index (χ1) is 7.77. The molecule has 0 aromatic carbocycles. The SMILES string of the molecule is CNCCCCN1CC2C(C1)C2C(=O)OC. The second-order valence-corrected chi connectivity index (χ2v) is 4.95. The van der Waals surface area contributed by atoms with Gasteiger partial charge >= 0.3 is 5.97 Å². The Morgan fingerprint density at radius 1 is 1.38 bits per heavy atom. The monoisotopic (exact) mass is 226 g/mol. The lowest BCUT2D eigenvalue weighted by Crippen LogP contribution is -2.28. The maximum absolute atomic E-state index is 11.3. The normalized spacial score (nSPS) is 32.5. The minimum Gasteiger partial charge on any atom is -0.469 e. The minimum atomic E-state index is 0.00447. The first kappa shape index (κ1) is 11.9. The number of esters is 1. The number of rotatable bonds is 6. The molecule has 4 heteroatoms. The van der Waals surface area contributed by atoms with Crippen molar-refractivity contribution in [1.29, 1.82) is 0 Å². The molecular weight excluding hydrogens is 204 g/mol. The van der Waals surface area contributed by atoms with E-state index in [2.05, 4.69) is 10.2 Å². The number of hydrogen-bond donors (Lipinski definition) is 1. The molecule has 2 unspecified atom stereocenters. The van der Waals surface area contributed by atoms with Crippen LogP contribution in [0.15, 0.2) is 0 Å². The zero-order valence-electron chi connectivity index (χ0n) is 10.2. The van der Waals surface area contributed by atoms with Crippen LogP contribution in [0.5, 0.6) is 0 Å². The number of ether oxygens (including phenoxy) is 1. The number of likely N-dealkylation sites (tertiary alicyclic amines) is 1. The van der Waals surface area contributed by atoms with Crippen molar-refractivity contribution in [3.8, 4) is 0 Å². The number of unbranched alkanes of at least 4 members (excludes halogenated alkanes) is 1. The van der Waals surface area contributed by atoms with Crippen LogP contribution in [0.25, 0.3) is 0 Å². The lowest BCUT2D eigenvalue weighted by molar-refractivity contribution is -0.143. The molecule has 1 heterocycles. The predicted octanol–water partition coefficient (Wildman–Crippen LogP) is 0.337. The van der Waals surface area contributed by atoms with Gasteiger partial charge in [-0.15, -0.1) is 0 Å². The van der Waals surface area contributed by atoms with Gasteiger partial charge in [-0.1, -0.05) is 0 Å². The van der Waals surface area contributed by atoms with Crippen LogP contribution in [0, 0.1) is 17.8 Å². The van der Waals surface area contributed by atoms with Crippen molar-refractivity contribution in [3.63, 3.8) is 0 Å². The molecule has 2 rings (SSSR count). The molecule has 0 spiro atoms. The lowest BCUT2D eigenvalue weighted by atomic mass is 10.2. The third-order valence-corrected chi connectivity index (χ3v) is 3.89. The summed E-state index contributed by atoms with van der Waals surface area (Å²) in [6, 6.07) is 0. The predicted molar refractivity (Wildman–Crippen MR) is 62.1 cm³/mol. The number of fused-ring (bicyclic) bond motifs is 1. The number of carbonyl (C=O) groups is 1. The van der Waals surface area contributed by atoms with Crippen LogP contribution in [-0.2, 0) is 9.53 Å². The Morgan fingerprint density at radius 2 is 2.06 bits per heavy atom. The average Bonchev–Trinajstić information content (AvgIpc) is 2.80. The molecule has 0 aromatic heterocycles. The summed E-state index contributed by atoms with van der Waals surface area (Å²) in [6.07, 6.45) is 2.49. The molecule has 2 aliphatic rings. The molecule has 0 aromatic rings. The van der Waals surface area contributed by atoms with Crippen molar-refractivity contribution in [3.05, 3.63) is 0 Å². The Balaban J connectivity index is 1.61. The van der Waals surface area contributed by atoms with Gasteiger partial charge in [0, 0.05) is 13.1 Å². The maximum Gasteiger partial charge on any atom is 0.309 e. The van der Waals surface area contributed by atoms with Crippen molar-refractivity contribution in [2.45, 2.75) is 12.8 Å². The molecule has 2 fully saturated rings. The standard InChI is InChI=1S/C12H22N2O2/c1-13-5-3-4-6-14-7-9-10(8-14)11(9)12(15)16-2/h9-11,13H,3-8H2,1-2H3. The molecule has 4 nitrogen and oxygen atoms in total. The van der Waals surface area contributed by atoms with Gasteiger partial charge in [-0.05, 0) is 44.8 Å². The minimum absolute atomic E-state index is 0.00447. The largest absolute Gasteiger partial charge is 0.469 e. The first-order valence-electron chi connectivity index (χ1n) is 6.22. The van der Waals surface area contributed by atoms with Crippen molar-refractivity contribution >= 4 is 5.97 Å². The van der Waals surface area contributed by atoms with E-state index in [4.69, 9.17) is 4.74 Å². The highest BCUT2D eigenvalue weighted by molar-refractivity contribution is 5.76. The van der Waals surface area contributed by atoms with Gasteiger partial charge in [-0.3, -0.25) is 4.79 Å². The Labute approximate surface area is 97.3 Å². The molecule has 1 saturated carbocycles. The average molecular weight is 226 g/mol. The maximum atomic E-state index is 11.3. The van der Waals surface area contributed by atoms with Crippen molar-refractivity contribution in [1.82, 2.24) is 10.2 Å². The Kier molecular flexibility index (Phi) is 3.82. The van der Waals surface area contributed by atoms with E-state index in [0.717, 1.165) is 19.6 Å². The number of carbonyl (C=O) groups excluding carboxylic acids is 1. The summed E-state index contributed by atoms with van der Waals surface area (Å²) in [7, 11) is 3.48. The van der Waals surface area contributed by atoms with E-state index in [1.165, 1.54) is 26.5 Å². The zero-order chi connectivity index (χ0) is 11.5. The van der Waals surface area contributed by atoms with Gasteiger partial charge in [0.25, 0.3) is 0 Å². The van der Waals surface area contributed by atoms with Crippen LogP contribution >= 0.6 is 0 Å². The molecular formula is C12H22N2O2. The van der Waals surface area contributed by atoms with E-state index in [-0.39, 0.29) is 11.9 Å². The van der Waals surface area contributed by atoms with E-state index < -0.39 is 0 Å². The van der Waals surface area contributed by atoms with E-state index in [0.29, 0.717) is 11.8 Å². The molecule has 2 atom stereocenters. The molecule has 1 aliphatic heterocycles. The number of piperidine rings is 1. The summed E-state index contributed by atoms with van der Waals surface area (Å²) in [4.78, 5) is 13.8. The topological polar surface area (TPSA) is 41.6 Å². The molecule has 16 heavy (non-hydrogen) atoms. The molecule has 1 aliphatic carbocycles. The summed E-state index contributed by atoms with van der Waals surface area (Å²) in [6.45, 7) is 4.49. The molecule has 1 saturated heterocycles. The number of methoxy groups -OCH3 is 1. The quantitative estimate of drug-likeness (QED) is 0.524.